The lowest BCUT2D eigenvalue weighted by Crippen LogP contribution is -2.44. The number of hydrogen-bond acceptors (Lipinski definition) is 4. The van der Waals surface area contributed by atoms with Crippen LogP contribution < -0.4 is 5.32 Å². The maximum absolute atomic E-state index is 14.1. The molecule has 0 bridgehead atoms. The van der Waals surface area contributed by atoms with Crippen molar-refractivity contribution < 1.29 is 22.8 Å². The van der Waals surface area contributed by atoms with Crippen LogP contribution in [0.4, 0.5) is 13.2 Å². The fourth-order valence-electron chi connectivity index (χ4n) is 5.56. The van der Waals surface area contributed by atoms with E-state index in [0.29, 0.717) is 28.0 Å². The maximum atomic E-state index is 14.1. The van der Waals surface area contributed by atoms with Crippen molar-refractivity contribution in [3.8, 4) is 11.1 Å². The second-order valence-electron chi connectivity index (χ2n) is 10.5. The number of carbonyl (C=O) groups is 2. The maximum Gasteiger partial charge on any atom is 0.454 e. The van der Waals surface area contributed by atoms with Crippen molar-refractivity contribution in [2.75, 3.05) is 7.05 Å². The Bertz CT molecular complexity index is 1570. The van der Waals surface area contributed by atoms with Crippen LogP contribution in [0.25, 0.3) is 21.2 Å². The minimum absolute atomic E-state index is 0.0470. The van der Waals surface area contributed by atoms with E-state index in [1.54, 1.807) is 0 Å². The highest BCUT2D eigenvalue weighted by Crippen LogP contribution is 2.38. The first-order valence-corrected chi connectivity index (χ1v) is 14.7. The Balaban J connectivity index is 1.46. The molecular formula is C32H30ClF3N2O2S. The lowest BCUT2D eigenvalue weighted by Gasteiger charge is -2.37. The molecule has 0 aliphatic heterocycles. The first-order chi connectivity index (χ1) is 19.6. The summed E-state index contributed by atoms with van der Waals surface area (Å²) in [6, 6.07) is 19.6. The van der Waals surface area contributed by atoms with Gasteiger partial charge in [0.15, 0.2) is 0 Å². The monoisotopic (exact) mass is 598 g/mol. The van der Waals surface area contributed by atoms with Crippen molar-refractivity contribution in [1.29, 1.82) is 0 Å². The van der Waals surface area contributed by atoms with Crippen LogP contribution in [0.3, 0.4) is 0 Å². The molecule has 1 aromatic heterocycles. The second-order valence-corrected chi connectivity index (χ2v) is 12.0. The minimum atomic E-state index is -4.92. The number of thiophene rings is 1. The molecule has 1 N–H and O–H groups in total. The quantitative estimate of drug-likeness (QED) is 0.217. The number of aryl methyl sites for hydroxylation is 1. The van der Waals surface area contributed by atoms with E-state index in [1.165, 1.54) is 35.6 Å². The summed E-state index contributed by atoms with van der Waals surface area (Å²) in [6.07, 6.45) is -1.25. The van der Waals surface area contributed by atoms with Crippen LogP contribution in [0.2, 0.25) is 5.02 Å². The third kappa shape index (κ3) is 6.20. The van der Waals surface area contributed by atoms with E-state index in [9.17, 15) is 22.8 Å². The van der Waals surface area contributed by atoms with E-state index >= 15 is 0 Å². The van der Waals surface area contributed by atoms with Crippen molar-refractivity contribution in [2.45, 2.75) is 57.4 Å². The summed E-state index contributed by atoms with van der Waals surface area (Å²) in [5.41, 5.74) is 2.97. The Labute approximate surface area is 246 Å². The minimum Gasteiger partial charge on any atom is -0.331 e. The van der Waals surface area contributed by atoms with Gasteiger partial charge in [0.05, 0.1) is 5.02 Å². The molecule has 5 rings (SSSR count). The molecule has 4 aromatic rings. The predicted octanol–water partition coefficient (Wildman–Crippen LogP) is 8.45. The summed E-state index contributed by atoms with van der Waals surface area (Å²) in [6.45, 7) is 2.29. The van der Waals surface area contributed by atoms with Gasteiger partial charge in [-0.05, 0) is 74.0 Å². The molecule has 1 fully saturated rings. The lowest BCUT2D eigenvalue weighted by atomic mass is 9.89. The summed E-state index contributed by atoms with van der Waals surface area (Å²) < 4.78 is 39.6. The van der Waals surface area contributed by atoms with E-state index in [1.807, 2.05) is 61.3 Å². The SMILES string of the molecule is CNC1CCC(N(Cc2ccc(C)c(-c3ccc(C(=O)C(F)(F)F)cc3)c2)C(=O)c2sc3ccccc3c2Cl)CC1. The summed E-state index contributed by atoms with van der Waals surface area (Å²) >= 11 is 8.14. The highest BCUT2D eigenvalue weighted by atomic mass is 35.5. The van der Waals surface area contributed by atoms with Gasteiger partial charge in [-0.15, -0.1) is 11.3 Å². The molecule has 4 nitrogen and oxygen atoms in total. The number of Topliss-reactive ketones (excluding diaryl/α,β-unsaturated/α-hetero) is 1. The topological polar surface area (TPSA) is 49.4 Å². The standard InChI is InChI=1S/C32H30ClF3N2O2S/c1-19-7-8-20(17-26(19)21-9-11-22(12-10-21)30(39)32(34,35)36)18-38(24-15-13-23(37-2)14-16-24)31(40)29-28(33)25-5-3-4-6-27(25)41-29/h3-12,17,23-24,37H,13-16,18H2,1-2H3. The zero-order valence-corrected chi connectivity index (χ0v) is 24.3. The van der Waals surface area contributed by atoms with Crippen LogP contribution in [0.15, 0.2) is 66.7 Å². The number of fused-ring (bicyclic) bond motifs is 1. The third-order valence-corrected chi connectivity index (χ3v) is 9.57. The highest BCUT2D eigenvalue weighted by Gasteiger charge is 2.39. The fraction of sp³-hybridized carbons (Fsp3) is 0.312. The van der Waals surface area contributed by atoms with E-state index in [2.05, 4.69) is 5.32 Å². The molecule has 0 radical (unpaired) electrons. The summed E-state index contributed by atoms with van der Waals surface area (Å²) in [4.78, 5) is 28.2. The van der Waals surface area contributed by atoms with Gasteiger partial charge in [0.1, 0.15) is 4.88 Å². The first-order valence-electron chi connectivity index (χ1n) is 13.5. The van der Waals surface area contributed by atoms with Gasteiger partial charge in [0, 0.05) is 34.3 Å². The molecule has 3 aromatic carbocycles. The zero-order valence-electron chi connectivity index (χ0n) is 22.7. The Kier molecular flexibility index (Phi) is 8.55. The molecule has 41 heavy (non-hydrogen) atoms. The number of amides is 1. The Morgan fingerprint density at radius 2 is 1.68 bits per heavy atom. The number of carbonyl (C=O) groups excluding carboxylic acids is 2. The van der Waals surface area contributed by atoms with Crippen molar-refractivity contribution in [1.82, 2.24) is 10.2 Å². The van der Waals surface area contributed by atoms with Crippen LogP contribution in [-0.4, -0.2) is 41.9 Å². The number of hydrogen-bond donors (Lipinski definition) is 1. The molecule has 9 heteroatoms. The van der Waals surface area contributed by atoms with Crippen LogP contribution in [0, 0.1) is 6.92 Å². The normalized spacial score (nSPS) is 17.5. The van der Waals surface area contributed by atoms with E-state index in [4.69, 9.17) is 11.6 Å². The van der Waals surface area contributed by atoms with E-state index < -0.39 is 17.5 Å². The van der Waals surface area contributed by atoms with Crippen molar-refractivity contribution in [3.05, 3.63) is 93.3 Å². The Morgan fingerprint density at radius 1 is 1.00 bits per heavy atom. The number of nitrogens with one attached hydrogen (secondary N) is 1. The third-order valence-electron chi connectivity index (χ3n) is 7.91. The second kappa shape index (κ2) is 12.0. The summed E-state index contributed by atoms with van der Waals surface area (Å²) in [5, 5.41) is 4.69. The molecule has 1 heterocycles. The van der Waals surface area contributed by atoms with E-state index in [-0.39, 0.29) is 11.9 Å². The van der Waals surface area contributed by atoms with Gasteiger partial charge in [0.2, 0.25) is 0 Å². The first kappa shape index (κ1) is 29.3. The molecule has 0 spiro atoms. The molecule has 0 unspecified atom stereocenters. The van der Waals surface area contributed by atoms with Crippen LogP contribution >= 0.6 is 22.9 Å². The largest absolute Gasteiger partial charge is 0.454 e. The molecule has 214 valence electrons. The van der Waals surface area contributed by atoms with Crippen molar-refractivity contribution in [3.63, 3.8) is 0 Å². The van der Waals surface area contributed by atoms with Gasteiger partial charge in [-0.1, -0.05) is 66.2 Å². The number of ketones is 1. The summed E-state index contributed by atoms with van der Waals surface area (Å²) in [7, 11) is 1.96. The zero-order chi connectivity index (χ0) is 29.3. The van der Waals surface area contributed by atoms with Crippen molar-refractivity contribution in [2.24, 2.45) is 0 Å². The number of nitrogens with zero attached hydrogens (tertiary/aromatic N) is 1. The molecule has 1 amide bonds. The Morgan fingerprint density at radius 3 is 2.32 bits per heavy atom. The Hall–Kier alpha value is -3.20. The molecule has 0 atom stereocenters. The smallest absolute Gasteiger partial charge is 0.331 e. The van der Waals surface area contributed by atoms with Gasteiger partial charge in [-0.3, -0.25) is 9.59 Å². The lowest BCUT2D eigenvalue weighted by molar-refractivity contribution is -0.0885. The van der Waals surface area contributed by atoms with Gasteiger partial charge in [-0.25, -0.2) is 0 Å². The van der Waals surface area contributed by atoms with Gasteiger partial charge in [0.25, 0.3) is 11.7 Å². The molecule has 1 saturated carbocycles. The predicted molar refractivity (Wildman–Crippen MR) is 159 cm³/mol. The molecule has 1 aliphatic carbocycles. The van der Waals surface area contributed by atoms with Crippen LogP contribution in [0.5, 0.6) is 0 Å². The number of halogens is 4. The highest BCUT2D eigenvalue weighted by molar-refractivity contribution is 7.21. The van der Waals surface area contributed by atoms with Crippen LogP contribution in [0.1, 0.15) is 56.8 Å². The molecule has 0 saturated heterocycles. The van der Waals surface area contributed by atoms with E-state index in [0.717, 1.165) is 52.5 Å². The average Bonchev–Trinajstić information content (AvgIpc) is 3.32. The number of alkyl halides is 3. The average molecular weight is 599 g/mol. The number of benzene rings is 3. The van der Waals surface area contributed by atoms with Gasteiger partial charge < -0.3 is 10.2 Å². The molecule has 1 aliphatic rings. The fourth-order valence-corrected chi connectivity index (χ4v) is 7.03. The molecular weight excluding hydrogens is 569 g/mol. The van der Waals surface area contributed by atoms with Crippen molar-refractivity contribution >= 4 is 44.7 Å². The van der Waals surface area contributed by atoms with Gasteiger partial charge >= 0.3 is 6.18 Å². The number of rotatable bonds is 7. The summed E-state index contributed by atoms with van der Waals surface area (Å²) in [5.74, 6) is -1.96. The van der Waals surface area contributed by atoms with Crippen LogP contribution in [-0.2, 0) is 6.54 Å². The van der Waals surface area contributed by atoms with Gasteiger partial charge in [-0.2, -0.15) is 13.2 Å².